The third-order valence-corrected chi connectivity index (χ3v) is 4.66. The van der Waals surface area contributed by atoms with Crippen molar-refractivity contribution in [2.45, 2.75) is 52.7 Å². The lowest BCUT2D eigenvalue weighted by atomic mass is 10.1. The van der Waals surface area contributed by atoms with Gasteiger partial charge in [0.15, 0.2) is 0 Å². The minimum absolute atomic E-state index is 0.0790. The summed E-state index contributed by atoms with van der Waals surface area (Å²) < 4.78 is 10.4. The van der Waals surface area contributed by atoms with Crippen LogP contribution in [0.1, 0.15) is 62.3 Å². The largest absolute Gasteiger partial charge is 0.444 e. The Bertz CT molecular complexity index is 1300. The quantitative estimate of drug-likeness (QED) is 0.306. The highest BCUT2D eigenvalue weighted by Gasteiger charge is 2.20. The van der Waals surface area contributed by atoms with Crippen LogP contribution in [0, 0.1) is 0 Å². The van der Waals surface area contributed by atoms with Crippen molar-refractivity contribution in [1.82, 2.24) is 9.97 Å². The van der Waals surface area contributed by atoms with Crippen molar-refractivity contribution in [3.05, 3.63) is 71.8 Å². The van der Waals surface area contributed by atoms with E-state index in [2.05, 4.69) is 31.2 Å². The average Bonchev–Trinajstić information content (AvgIpc) is 2.82. The number of hydrogen-bond donors (Lipinski definition) is 4. The molecule has 0 aliphatic rings. The number of pyridine rings is 2. The van der Waals surface area contributed by atoms with E-state index in [1.165, 1.54) is 24.3 Å². The van der Waals surface area contributed by atoms with Gasteiger partial charge in [0.25, 0.3) is 11.8 Å². The van der Waals surface area contributed by atoms with Gasteiger partial charge in [-0.3, -0.25) is 20.2 Å². The van der Waals surface area contributed by atoms with Crippen LogP contribution >= 0.6 is 0 Å². The van der Waals surface area contributed by atoms with Crippen LogP contribution in [0.3, 0.4) is 0 Å². The first-order chi connectivity index (χ1) is 18.7. The third kappa shape index (κ3) is 9.39. The summed E-state index contributed by atoms with van der Waals surface area (Å²) in [5.41, 5.74) is -1.22. The van der Waals surface area contributed by atoms with E-state index in [1.54, 1.807) is 77.9 Å². The molecule has 0 aliphatic carbocycles. The van der Waals surface area contributed by atoms with Gasteiger partial charge in [-0.15, -0.1) is 0 Å². The number of hydrogen-bond acceptors (Lipinski definition) is 8. The predicted octanol–water partition coefficient (Wildman–Crippen LogP) is 5.68. The van der Waals surface area contributed by atoms with Gasteiger partial charge >= 0.3 is 12.2 Å². The summed E-state index contributed by atoms with van der Waals surface area (Å²) in [6.07, 6.45) is -1.38. The summed E-state index contributed by atoms with van der Waals surface area (Å²) in [7, 11) is 0. The van der Waals surface area contributed by atoms with Crippen LogP contribution in [0.5, 0.6) is 0 Å². The van der Waals surface area contributed by atoms with Crippen molar-refractivity contribution in [3.63, 3.8) is 0 Å². The zero-order valence-corrected chi connectivity index (χ0v) is 23.1. The summed E-state index contributed by atoms with van der Waals surface area (Å²) in [4.78, 5) is 58.7. The standard InChI is InChI=1S/C28H32N6O6/c1-27(2,3)39-25(37)33-21-15-9-13-19(29-21)31-23(35)17-11-7-8-12-18(17)24(36)32-20-14-10-16-22(30-20)34-26(38)40-28(4,5)6/h7-16H,1-6H3,(H2,29,31,33,35,37)(H2,30,32,34,36,38). The molecule has 2 aromatic heterocycles. The summed E-state index contributed by atoms with van der Waals surface area (Å²) in [5, 5.41) is 10.3. The molecule has 0 saturated carbocycles. The van der Waals surface area contributed by atoms with Crippen LogP contribution in [-0.4, -0.2) is 45.2 Å². The SMILES string of the molecule is CC(C)(C)OC(=O)Nc1cccc(NC(=O)c2ccccc2C(=O)Nc2cccc(NC(=O)OC(C)(C)C)n2)n1. The Hall–Kier alpha value is -5.00. The number of anilines is 4. The molecule has 0 bridgehead atoms. The first-order valence-electron chi connectivity index (χ1n) is 12.3. The molecular weight excluding hydrogens is 516 g/mol. The summed E-state index contributed by atoms with van der Waals surface area (Å²) in [6.45, 7) is 10.4. The fourth-order valence-corrected chi connectivity index (χ4v) is 3.21. The maximum absolute atomic E-state index is 13.1. The van der Waals surface area contributed by atoms with E-state index in [0.29, 0.717) is 0 Å². The Morgan fingerprint density at radius 2 is 0.850 bits per heavy atom. The summed E-state index contributed by atoms with van der Waals surface area (Å²) in [5.74, 6) is -0.553. The molecule has 0 atom stereocenters. The number of carbonyl (C=O) groups excluding carboxylic acids is 4. The Labute approximate surface area is 231 Å². The number of nitrogens with zero attached hydrogens (tertiary/aromatic N) is 2. The lowest BCUT2D eigenvalue weighted by Crippen LogP contribution is -2.27. The van der Waals surface area contributed by atoms with Gasteiger partial charge in [-0.2, -0.15) is 0 Å². The van der Waals surface area contributed by atoms with E-state index < -0.39 is 35.2 Å². The highest BCUT2D eigenvalue weighted by atomic mass is 16.6. The van der Waals surface area contributed by atoms with Crippen molar-refractivity contribution in [2.24, 2.45) is 0 Å². The normalized spacial score (nSPS) is 11.2. The monoisotopic (exact) mass is 548 g/mol. The van der Waals surface area contributed by atoms with E-state index in [0.717, 1.165) is 0 Å². The fraction of sp³-hybridized carbons (Fsp3) is 0.286. The molecular formula is C28H32N6O6. The minimum atomic E-state index is -0.690. The summed E-state index contributed by atoms with van der Waals surface area (Å²) >= 11 is 0. The number of ether oxygens (including phenoxy) is 2. The lowest BCUT2D eigenvalue weighted by Gasteiger charge is -2.19. The molecule has 1 aromatic carbocycles. The molecule has 4 amide bonds. The maximum Gasteiger partial charge on any atom is 0.413 e. The van der Waals surface area contributed by atoms with Gasteiger partial charge in [0, 0.05) is 0 Å². The highest BCUT2D eigenvalue weighted by molar-refractivity contribution is 6.15. The first-order valence-corrected chi connectivity index (χ1v) is 12.3. The molecule has 3 aromatic rings. The average molecular weight is 549 g/mol. The Morgan fingerprint density at radius 3 is 1.18 bits per heavy atom. The number of carbonyl (C=O) groups is 4. The Kier molecular flexibility index (Phi) is 9.04. The molecule has 4 N–H and O–H groups in total. The molecule has 210 valence electrons. The summed E-state index contributed by atoms with van der Waals surface area (Å²) in [6, 6.07) is 15.5. The van der Waals surface area contributed by atoms with Crippen LogP contribution in [0.4, 0.5) is 32.9 Å². The van der Waals surface area contributed by atoms with Crippen LogP contribution in [0.25, 0.3) is 0 Å². The zero-order valence-electron chi connectivity index (χ0n) is 23.1. The van der Waals surface area contributed by atoms with E-state index in [4.69, 9.17) is 9.47 Å². The van der Waals surface area contributed by atoms with Gasteiger partial charge in [0.05, 0.1) is 11.1 Å². The van der Waals surface area contributed by atoms with Crippen LogP contribution in [-0.2, 0) is 9.47 Å². The number of aromatic nitrogens is 2. The maximum atomic E-state index is 13.1. The molecule has 12 heteroatoms. The van der Waals surface area contributed by atoms with Gasteiger partial charge in [-0.1, -0.05) is 24.3 Å². The van der Waals surface area contributed by atoms with Gasteiger partial charge < -0.3 is 20.1 Å². The van der Waals surface area contributed by atoms with Crippen molar-refractivity contribution in [2.75, 3.05) is 21.3 Å². The van der Waals surface area contributed by atoms with Gasteiger partial charge in [-0.05, 0) is 77.9 Å². The first kappa shape index (κ1) is 29.6. The van der Waals surface area contributed by atoms with Crippen LogP contribution < -0.4 is 21.3 Å². The van der Waals surface area contributed by atoms with E-state index >= 15 is 0 Å². The fourth-order valence-electron chi connectivity index (χ4n) is 3.21. The van der Waals surface area contributed by atoms with Crippen molar-refractivity contribution in [3.8, 4) is 0 Å². The molecule has 0 spiro atoms. The Balaban J connectivity index is 1.70. The lowest BCUT2D eigenvalue weighted by molar-refractivity contribution is 0.0624. The van der Waals surface area contributed by atoms with Crippen LogP contribution in [0.15, 0.2) is 60.7 Å². The van der Waals surface area contributed by atoms with Gasteiger partial charge in [-0.25, -0.2) is 19.6 Å². The Morgan fingerprint density at radius 1 is 0.525 bits per heavy atom. The van der Waals surface area contributed by atoms with Gasteiger partial charge in [0.1, 0.15) is 34.5 Å². The van der Waals surface area contributed by atoms with Crippen LogP contribution in [0.2, 0.25) is 0 Å². The molecule has 0 aliphatic heterocycles. The zero-order chi connectivity index (χ0) is 29.5. The van der Waals surface area contributed by atoms with E-state index in [1.807, 2.05) is 0 Å². The molecule has 0 fully saturated rings. The van der Waals surface area contributed by atoms with Crippen molar-refractivity contribution in [1.29, 1.82) is 0 Å². The second-order valence-corrected chi connectivity index (χ2v) is 10.5. The molecule has 0 unspecified atom stereocenters. The third-order valence-electron chi connectivity index (χ3n) is 4.66. The topological polar surface area (TPSA) is 161 Å². The number of amides is 4. The number of nitrogens with one attached hydrogen (secondary N) is 4. The molecule has 12 nitrogen and oxygen atoms in total. The molecule has 40 heavy (non-hydrogen) atoms. The number of rotatable bonds is 6. The highest BCUT2D eigenvalue weighted by Crippen LogP contribution is 2.18. The minimum Gasteiger partial charge on any atom is -0.444 e. The van der Waals surface area contributed by atoms with E-state index in [-0.39, 0.29) is 34.4 Å². The molecule has 3 rings (SSSR count). The number of benzene rings is 1. The predicted molar refractivity (Wildman–Crippen MR) is 151 cm³/mol. The second-order valence-electron chi connectivity index (χ2n) is 10.5. The smallest absolute Gasteiger partial charge is 0.413 e. The molecule has 2 heterocycles. The van der Waals surface area contributed by atoms with E-state index in [9.17, 15) is 19.2 Å². The van der Waals surface area contributed by atoms with Gasteiger partial charge in [0.2, 0.25) is 0 Å². The molecule has 0 saturated heterocycles. The second kappa shape index (κ2) is 12.2. The molecule has 0 radical (unpaired) electrons. The van der Waals surface area contributed by atoms with Crippen molar-refractivity contribution < 1.29 is 28.7 Å². The van der Waals surface area contributed by atoms with Crippen molar-refractivity contribution >= 4 is 47.3 Å².